The van der Waals surface area contributed by atoms with Gasteiger partial charge in [0, 0.05) is 12.1 Å². The van der Waals surface area contributed by atoms with Gasteiger partial charge in [0.25, 0.3) is 0 Å². The molecule has 0 amide bonds. The van der Waals surface area contributed by atoms with Crippen molar-refractivity contribution >= 4 is 5.69 Å². The summed E-state index contributed by atoms with van der Waals surface area (Å²) in [7, 11) is 4.02. The molecular weight excluding hydrogens is 180 g/mol. The fraction of sp³-hybridized carbons (Fsp3) is 0.400. The van der Waals surface area contributed by atoms with Gasteiger partial charge in [0.2, 0.25) is 6.79 Å². The lowest BCUT2D eigenvalue weighted by atomic mass is 10.1. The summed E-state index contributed by atoms with van der Waals surface area (Å²) in [5.41, 5.74) is 7.50. The molecule has 0 unspecified atom stereocenters. The van der Waals surface area contributed by atoms with E-state index in [2.05, 4.69) is 4.90 Å². The highest BCUT2D eigenvalue weighted by Gasteiger charge is 2.20. The third-order valence-electron chi connectivity index (χ3n) is 2.12. The lowest BCUT2D eigenvalue weighted by Gasteiger charge is -2.12. The van der Waals surface area contributed by atoms with Crippen LogP contribution in [0.1, 0.15) is 5.56 Å². The summed E-state index contributed by atoms with van der Waals surface area (Å²) in [5.74, 6) is 1.48. The van der Waals surface area contributed by atoms with Crippen LogP contribution in [0, 0.1) is 0 Å². The normalized spacial score (nSPS) is 13.6. The number of benzene rings is 1. The van der Waals surface area contributed by atoms with Gasteiger partial charge in [-0.1, -0.05) is 6.07 Å². The first kappa shape index (κ1) is 9.15. The Kier molecular flexibility index (Phi) is 2.21. The summed E-state index contributed by atoms with van der Waals surface area (Å²) in [6.45, 7) is 1.09. The number of ether oxygens (including phenoxy) is 2. The highest BCUT2D eigenvalue weighted by atomic mass is 16.7. The third kappa shape index (κ3) is 1.48. The number of fused-ring (bicyclic) bond motifs is 1. The Labute approximate surface area is 83.2 Å². The smallest absolute Gasteiger partial charge is 0.231 e. The van der Waals surface area contributed by atoms with Gasteiger partial charge in [0.1, 0.15) is 0 Å². The fourth-order valence-corrected chi connectivity index (χ4v) is 1.54. The molecule has 0 fully saturated rings. The van der Waals surface area contributed by atoms with E-state index in [1.807, 2.05) is 26.2 Å². The quantitative estimate of drug-likeness (QED) is 0.715. The van der Waals surface area contributed by atoms with E-state index >= 15 is 0 Å². The monoisotopic (exact) mass is 194 g/mol. The molecule has 0 aromatic heterocycles. The first-order valence-corrected chi connectivity index (χ1v) is 4.50. The first-order valence-electron chi connectivity index (χ1n) is 4.50. The van der Waals surface area contributed by atoms with Crippen molar-refractivity contribution in [2.75, 3.05) is 26.6 Å². The first-order chi connectivity index (χ1) is 6.68. The number of hydrogen-bond donors (Lipinski definition) is 1. The molecule has 0 spiro atoms. The van der Waals surface area contributed by atoms with Gasteiger partial charge in [-0.15, -0.1) is 0 Å². The zero-order valence-electron chi connectivity index (χ0n) is 8.41. The summed E-state index contributed by atoms with van der Waals surface area (Å²) in [6.07, 6.45) is 0. The van der Waals surface area contributed by atoms with Crippen molar-refractivity contribution in [2.45, 2.75) is 6.54 Å². The van der Waals surface area contributed by atoms with Crippen LogP contribution in [-0.2, 0) is 6.54 Å². The second kappa shape index (κ2) is 3.38. The maximum Gasteiger partial charge on any atom is 0.231 e. The summed E-state index contributed by atoms with van der Waals surface area (Å²) >= 11 is 0. The largest absolute Gasteiger partial charge is 0.453 e. The van der Waals surface area contributed by atoms with Gasteiger partial charge < -0.3 is 20.1 Å². The molecule has 1 heterocycles. The van der Waals surface area contributed by atoms with Crippen LogP contribution in [0.15, 0.2) is 12.1 Å². The highest BCUT2D eigenvalue weighted by Crippen LogP contribution is 2.40. The zero-order chi connectivity index (χ0) is 10.1. The Bertz CT molecular complexity index is 350. The van der Waals surface area contributed by atoms with Crippen LogP contribution >= 0.6 is 0 Å². The number of anilines is 1. The predicted octanol–water partition coefficient (Wildman–Crippen LogP) is 1.06. The van der Waals surface area contributed by atoms with Crippen LogP contribution in [0.2, 0.25) is 0 Å². The van der Waals surface area contributed by atoms with Gasteiger partial charge in [-0.05, 0) is 20.2 Å². The Morgan fingerprint density at radius 3 is 2.71 bits per heavy atom. The Morgan fingerprint density at radius 1 is 1.29 bits per heavy atom. The summed E-state index contributed by atoms with van der Waals surface area (Å²) in [5, 5.41) is 0. The average Bonchev–Trinajstić information content (AvgIpc) is 2.58. The maximum atomic E-state index is 5.75. The second-order valence-corrected chi connectivity index (χ2v) is 3.62. The molecule has 4 heteroatoms. The van der Waals surface area contributed by atoms with E-state index in [9.17, 15) is 0 Å². The van der Waals surface area contributed by atoms with Crippen LogP contribution in [0.4, 0.5) is 5.69 Å². The van der Waals surface area contributed by atoms with Gasteiger partial charge in [-0.2, -0.15) is 0 Å². The summed E-state index contributed by atoms with van der Waals surface area (Å²) in [6, 6.07) is 3.83. The average molecular weight is 194 g/mol. The van der Waals surface area contributed by atoms with Crippen molar-refractivity contribution < 1.29 is 9.47 Å². The van der Waals surface area contributed by atoms with Crippen molar-refractivity contribution in [1.29, 1.82) is 0 Å². The molecule has 4 nitrogen and oxygen atoms in total. The van der Waals surface area contributed by atoms with Crippen molar-refractivity contribution in [2.24, 2.45) is 0 Å². The topological polar surface area (TPSA) is 47.7 Å². The molecule has 1 aliphatic heterocycles. The minimum Gasteiger partial charge on any atom is -0.453 e. The number of hydrogen-bond acceptors (Lipinski definition) is 4. The molecule has 14 heavy (non-hydrogen) atoms. The standard InChI is InChI=1S/C10H14N2O2/c1-12(2)5-7-3-4-8(11)10-9(7)13-6-14-10/h3-4H,5-6,11H2,1-2H3. The van der Waals surface area contributed by atoms with E-state index < -0.39 is 0 Å². The molecule has 76 valence electrons. The third-order valence-corrected chi connectivity index (χ3v) is 2.12. The van der Waals surface area contributed by atoms with E-state index in [0.29, 0.717) is 11.4 Å². The highest BCUT2D eigenvalue weighted by molar-refractivity contribution is 5.64. The number of nitrogen functional groups attached to an aromatic ring is 1. The van der Waals surface area contributed by atoms with E-state index in [-0.39, 0.29) is 6.79 Å². The molecule has 0 bridgehead atoms. The van der Waals surface area contributed by atoms with Gasteiger partial charge in [-0.3, -0.25) is 0 Å². The molecule has 1 aromatic rings. The zero-order valence-corrected chi connectivity index (χ0v) is 8.41. The van der Waals surface area contributed by atoms with Crippen LogP contribution in [-0.4, -0.2) is 25.8 Å². The molecule has 0 radical (unpaired) electrons. The van der Waals surface area contributed by atoms with E-state index in [1.54, 1.807) is 0 Å². The van der Waals surface area contributed by atoms with E-state index in [1.165, 1.54) is 0 Å². The Balaban J connectivity index is 2.38. The van der Waals surface area contributed by atoms with Crippen molar-refractivity contribution in [1.82, 2.24) is 4.90 Å². The van der Waals surface area contributed by atoms with Gasteiger partial charge >= 0.3 is 0 Å². The predicted molar refractivity (Wildman–Crippen MR) is 54.4 cm³/mol. The van der Waals surface area contributed by atoms with Crippen LogP contribution < -0.4 is 15.2 Å². The molecule has 0 atom stereocenters. The molecular formula is C10H14N2O2. The molecule has 1 aromatic carbocycles. The molecule has 2 rings (SSSR count). The Morgan fingerprint density at radius 2 is 2.00 bits per heavy atom. The second-order valence-electron chi connectivity index (χ2n) is 3.62. The number of nitrogens with zero attached hydrogens (tertiary/aromatic N) is 1. The van der Waals surface area contributed by atoms with E-state index in [4.69, 9.17) is 15.2 Å². The lowest BCUT2D eigenvalue weighted by Crippen LogP contribution is -2.11. The van der Waals surface area contributed by atoms with Crippen molar-refractivity contribution in [3.05, 3.63) is 17.7 Å². The van der Waals surface area contributed by atoms with Gasteiger partial charge in [0.15, 0.2) is 11.5 Å². The van der Waals surface area contributed by atoms with Crippen LogP contribution in [0.25, 0.3) is 0 Å². The minimum absolute atomic E-state index is 0.268. The SMILES string of the molecule is CN(C)Cc1ccc(N)c2c1OCO2. The molecule has 0 saturated carbocycles. The molecule has 0 saturated heterocycles. The molecule has 0 aliphatic carbocycles. The number of nitrogens with two attached hydrogens (primary N) is 1. The van der Waals surface area contributed by atoms with Crippen LogP contribution in [0.3, 0.4) is 0 Å². The minimum atomic E-state index is 0.268. The van der Waals surface area contributed by atoms with Crippen molar-refractivity contribution in [3.63, 3.8) is 0 Å². The maximum absolute atomic E-state index is 5.75. The molecule has 2 N–H and O–H groups in total. The fourth-order valence-electron chi connectivity index (χ4n) is 1.54. The van der Waals surface area contributed by atoms with Gasteiger partial charge in [-0.25, -0.2) is 0 Å². The summed E-state index contributed by atoms with van der Waals surface area (Å²) in [4.78, 5) is 2.08. The van der Waals surface area contributed by atoms with Crippen LogP contribution in [0.5, 0.6) is 11.5 Å². The summed E-state index contributed by atoms with van der Waals surface area (Å²) < 4.78 is 10.7. The number of rotatable bonds is 2. The molecule has 1 aliphatic rings. The van der Waals surface area contributed by atoms with Gasteiger partial charge in [0.05, 0.1) is 5.69 Å². The Hall–Kier alpha value is -1.42. The van der Waals surface area contributed by atoms with Crippen molar-refractivity contribution in [3.8, 4) is 11.5 Å². The lowest BCUT2D eigenvalue weighted by molar-refractivity contribution is 0.173. The van der Waals surface area contributed by atoms with E-state index in [0.717, 1.165) is 17.9 Å².